The van der Waals surface area contributed by atoms with Crippen LogP contribution in [-0.4, -0.2) is 11.3 Å². The van der Waals surface area contributed by atoms with Gasteiger partial charge in [-0.3, -0.25) is 0 Å². The highest BCUT2D eigenvalue weighted by molar-refractivity contribution is 7.14. The molecule has 0 saturated carbocycles. The number of thiophene rings is 1. The molecule has 0 fully saturated rings. The molecule has 0 amide bonds. The van der Waals surface area contributed by atoms with Crippen LogP contribution in [0, 0.1) is 12.3 Å². The second-order valence-corrected chi connectivity index (χ2v) is 4.76. The molecule has 0 radical (unpaired) electrons. The minimum absolute atomic E-state index is 0.153. The minimum Gasteiger partial charge on any atom is -0.506 e. The van der Waals surface area contributed by atoms with Crippen LogP contribution in [0.25, 0.3) is 10.4 Å². The van der Waals surface area contributed by atoms with Gasteiger partial charge in [0.25, 0.3) is 0 Å². The van der Waals surface area contributed by atoms with Crippen molar-refractivity contribution in [2.75, 3.05) is 0 Å². The number of benzene rings is 1. The molecule has 1 aromatic carbocycles. The lowest BCUT2D eigenvalue weighted by molar-refractivity contribution is 0.479. The first kappa shape index (κ1) is 11.2. The third-order valence-electron chi connectivity index (χ3n) is 2.38. The SMILES string of the molecule is Cc1ccc(-c2scc(C=N)c2O)cc1Cl. The van der Waals surface area contributed by atoms with Crippen LogP contribution < -0.4 is 0 Å². The quantitative estimate of drug-likeness (QED) is 0.776. The molecule has 16 heavy (non-hydrogen) atoms. The normalized spacial score (nSPS) is 10.4. The highest BCUT2D eigenvalue weighted by atomic mass is 35.5. The van der Waals surface area contributed by atoms with Crippen molar-refractivity contribution in [1.29, 1.82) is 5.41 Å². The number of hydrogen-bond donors (Lipinski definition) is 2. The summed E-state index contributed by atoms with van der Waals surface area (Å²) in [5.41, 5.74) is 2.43. The lowest BCUT2D eigenvalue weighted by Gasteiger charge is -2.02. The summed E-state index contributed by atoms with van der Waals surface area (Å²) >= 11 is 7.44. The number of aromatic hydroxyl groups is 1. The van der Waals surface area contributed by atoms with Crippen LogP contribution in [0.15, 0.2) is 23.6 Å². The zero-order valence-electron chi connectivity index (χ0n) is 8.62. The lowest BCUT2D eigenvalue weighted by atomic mass is 10.1. The molecule has 0 spiro atoms. The summed E-state index contributed by atoms with van der Waals surface area (Å²) in [7, 11) is 0. The molecule has 0 aliphatic rings. The van der Waals surface area contributed by atoms with Gasteiger partial charge in [-0.05, 0) is 24.1 Å². The molecule has 82 valence electrons. The van der Waals surface area contributed by atoms with Gasteiger partial charge in [0, 0.05) is 22.2 Å². The van der Waals surface area contributed by atoms with E-state index in [0.717, 1.165) is 22.2 Å². The Morgan fingerprint density at radius 1 is 1.44 bits per heavy atom. The van der Waals surface area contributed by atoms with E-state index in [9.17, 15) is 5.11 Å². The number of aryl methyl sites for hydroxylation is 1. The second-order valence-electron chi connectivity index (χ2n) is 3.48. The van der Waals surface area contributed by atoms with Crippen LogP contribution in [0.5, 0.6) is 5.75 Å². The fourth-order valence-electron chi connectivity index (χ4n) is 1.41. The summed E-state index contributed by atoms with van der Waals surface area (Å²) in [5, 5.41) is 19.4. The Balaban J connectivity index is 2.54. The first-order chi connectivity index (χ1) is 7.63. The molecule has 0 bridgehead atoms. The molecule has 4 heteroatoms. The maximum absolute atomic E-state index is 9.86. The van der Waals surface area contributed by atoms with E-state index in [4.69, 9.17) is 17.0 Å². The van der Waals surface area contributed by atoms with Gasteiger partial charge in [0.15, 0.2) is 0 Å². The van der Waals surface area contributed by atoms with Gasteiger partial charge in [-0.1, -0.05) is 23.7 Å². The highest BCUT2D eigenvalue weighted by Crippen LogP contribution is 2.38. The molecular formula is C12H10ClNOS. The van der Waals surface area contributed by atoms with Gasteiger partial charge >= 0.3 is 0 Å². The number of nitrogens with one attached hydrogen (secondary N) is 1. The van der Waals surface area contributed by atoms with Crippen molar-refractivity contribution in [3.05, 3.63) is 39.7 Å². The van der Waals surface area contributed by atoms with E-state index in [1.54, 1.807) is 5.38 Å². The molecule has 1 aromatic heterocycles. The summed E-state index contributed by atoms with van der Waals surface area (Å²) in [6.45, 7) is 1.93. The third-order valence-corrected chi connectivity index (χ3v) is 3.83. The maximum Gasteiger partial charge on any atom is 0.142 e. The van der Waals surface area contributed by atoms with Gasteiger partial charge in [-0.15, -0.1) is 11.3 Å². The summed E-state index contributed by atoms with van der Waals surface area (Å²) in [6, 6.07) is 5.66. The standard InChI is InChI=1S/C12H10ClNOS/c1-7-2-3-8(4-10(7)13)12-11(15)9(5-14)6-16-12/h2-6,14-15H,1H3. The van der Waals surface area contributed by atoms with Gasteiger partial charge in [0.05, 0.1) is 4.88 Å². The average molecular weight is 252 g/mol. The van der Waals surface area contributed by atoms with E-state index in [2.05, 4.69) is 0 Å². The first-order valence-corrected chi connectivity index (χ1v) is 5.96. The van der Waals surface area contributed by atoms with Gasteiger partial charge < -0.3 is 10.5 Å². The van der Waals surface area contributed by atoms with E-state index in [0.29, 0.717) is 10.6 Å². The number of hydrogen-bond acceptors (Lipinski definition) is 3. The topological polar surface area (TPSA) is 44.1 Å². The van der Waals surface area contributed by atoms with Crippen LogP contribution in [-0.2, 0) is 0 Å². The van der Waals surface area contributed by atoms with Crippen molar-refractivity contribution in [2.45, 2.75) is 6.92 Å². The minimum atomic E-state index is 0.153. The van der Waals surface area contributed by atoms with Crippen LogP contribution in [0.1, 0.15) is 11.1 Å². The van der Waals surface area contributed by atoms with Crippen molar-refractivity contribution >= 4 is 29.2 Å². The summed E-state index contributed by atoms with van der Waals surface area (Å²) in [5.74, 6) is 0.153. The Labute approximate surface area is 103 Å². The van der Waals surface area contributed by atoms with Gasteiger partial charge in [0.2, 0.25) is 0 Å². The van der Waals surface area contributed by atoms with Crippen LogP contribution in [0.4, 0.5) is 0 Å². The molecule has 0 unspecified atom stereocenters. The fourth-order valence-corrected chi connectivity index (χ4v) is 2.50. The van der Waals surface area contributed by atoms with Crippen LogP contribution in [0.3, 0.4) is 0 Å². The Kier molecular flexibility index (Phi) is 2.99. The predicted molar refractivity (Wildman–Crippen MR) is 69.1 cm³/mol. The van der Waals surface area contributed by atoms with Gasteiger partial charge in [0.1, 0.15) is 5.75 Å². The van der Waals surface area contributed by atoms with Crippen LogP contribution >= 0.6 is 22.9 Å². The van der Waals surface area contributed by atoms with Gasteiger partial charge in [-0.2, -0.15) is 0 Å². The van der Waals surface area contributed by atoms with Crippen molar-refractivity contribution < 1.29 is 5.11 Å². The molecule has 2 nitrogen and oxygen atoms in total. The molecule has 0 aliphatic heterocycles. The lowest BCUT2D eigenvalue weighted by Crippen LogP contribution is -1.79. The monoisotopic (exact) mass is 251 g/mol. The van der Waals surface area contributed by atoms with Crippen molar-refractivity contribution in [1.82, 2.24) is 0 Å². The molecular weight excluding hydrogens is 242 g/mol. The van der Waals surface area contributed by atoms with Gasteiger partial charge in [-0.25, -0.2) is 0 Å². The Hall–Kier alpha value is -1.32. The third kappa shape index (κ3) is 1.84. The fraction of sp³-hybridized carbons (Fsp3) is 0.0833. The number of halogens is 1. The highest BCUT2D eigenvalue weighted by Gasteiger charge is 2.11. The summed E-state index contributed by atoms with van der Waals surface area (Å²) in [4.78, 5) is 0.750. The Morgan fingerprint density at radius 3 is 2.75 bits per heavy atom. The smallest absolute Gasteiger partial charge is 0.142 e. The molecule has 2 aromatic rings. The van der Waals surface area contributed by atoms with E-state index >= 15 is 0 Å². The van der Waals surface area contributed by atoms with Crippen LogP contribution in [0.2, 0.25) is 5.02 Å². The number of rotatable bonds is 2. The first-order valence-electron chi connectivity index (χ1n) is 4.71. The summed E-state index contributed by atoms with van der Waals surface area (Å²) in [6.07, 6.45) is 1.14. The molecule has 0 atom stereocenters. The van der Waals surface area contributed by atoms with E-state index in [1.807, 2.05) is 25.1 Å². The summed E-state index contributed by atoms with van der Waals surface area (Å²) < 4.78 is 0. The van der Waals surface area contributed by atoms with Crippen molar-refractivity contribution in [3.63, 3.8) is 0 Å². The zero-order valence-corrected chi connectivity index (χ0v) is 10.2. The average Bonchev–Trinajstić information content (AvgIpc) is 2.64. The molecule has 0 aliphatic carbocycles. The Morgan fingerprint density at radius 2 is 2.19 bits per heavy atom. The molecule has 2 N–H and O–H groups in total. The Bertz CT molecular complexity index is 548. The molecule has 1 heterocycles. The maximum atomic E-state index is 9.86. The molecule has 2 rings (SSSR count). The van der Waals surface area contributed by atoms with Crippen molar-refractivity contribution in [2.24, 2.45) is 0 Å². The molecule has 0 saturated heterocycles. The zero-order chi connectivity index (χ0) is 11.7. The van der Waals surface area contributed by atoms with Crippen molar-refractivity contribution in [3.8, 4) is 16.2 Å². The second kappa shape index (κ2) is 4.28. The van der Waals surface area contributed by atoms with E-state index < -0.39 is 0 Å². The van der Waals surface area contributed by atoms with E-state index in [-0.39, 0.29) is 5.75 Å². The predicted octanol–water partition coefficient (Wildman–Crippen LogP) is 4.08. The van der Waals surface area contributed by atoms with E-state index in [1.165, 1.54) is 11.3 Å². The largest absolute Gasteiger partial charge is 0.506 e.